The molecule has 0 amide bonds. The maximum Gasteiger partial charge on any atom is 0.0619 e. The molecular formula is C42H29N. The average Bonchev–Trinajstić information content (AvgIpc) is 3.33. The van der Waals surface area contributed by atoms with Crippen molar-refractivity contribution < 1.29 is 0 Å². The Balaban J connectivity index is 1.46. The second-order valence-corrected chi connectivity index (χ2v) is 11.8. The normalized spacial score (nSPS) is 12.0. The van der Waals surface area contributed by atoms with Gasteiger partial charge in [0.25, 0.3) is 0 Å². The standard InChI is InChI=1S/C42H29N/c1-26-27(2)43(33-22-21-29-12-4-6-14-31(29)24-33)42-37-18-10-8-16-35(37)39-25-38(32-20-19-28-11-3-5-13-30(28)23-32)34-15-7-9-17-36(34)41(39)40(26)42/h3-25H,1-2H3. The third-order valence-electron chi connectivity index (χ3n) is 9.53. The molecule has 1 heteroatoms. The van der Waals surface area contributed by atoms with Crippen molar-refractivity contribution in [1.82, 2.24) is 4.57 Å². The van der Waals surface area contributed by atoms with Gasteiger partial charge in [-0.05, 0) is 103 Å². The Morgan fingerprint density at radius 3 is 1.74 bits per heavy atom. The maximum absolute atomic E-state index is 2.49. The summed E-state index contributed by atoms with van der Waals surface area (Å²) in [5, 5.41) is 14.2. The van der Waals surface area contributed by atoms with E-state index in [1.165, 1.54) is 92.8 Å². The van der Waals surface area contributed by atoms with E-state index in [4.69, 9.17) is 0 Å². The average molecular weight is 548 g/mol. The van der Waals surface area contributed by atoms with Crippen LogP contribution in [0.4, 0.5) is 0 Å². The predicted molar refractivity (Wildman–Crippen MR) is 186 cm³/mol. The lowest BCUT2D eigenvalue weighted by Gasteiger charge is -2.17. The largest absolute Gasteiger partial charge is 0.313 e. The zero-order valence-corrected chi connectivity index (χ0v) is 24.2. The molecule has 0 saturated carbocycles. The summed E-state index contributed by atoms with van der Waals surface area (Å²) in [6, 6.07) is 51.4. The summed E-state index contributed by atoms with van der Waals surface area (Å²) in [6.45, 7) is 4.58. The van der Waals surface area contributed by atoms with Crippen molar-refractivity contribution in [2.45, 2.75) is 13.8 Å². The van der Waals surface area contributed by atoms with Crippen LogP contribution in [0, 0.1) is 13.8 Å². The molecule has 9 aromatic rings. The van der Waals surface area contributed by atoms with Crippen molar-refractivity contribution in [3.8, 4) is 16.8 Å². The van der Waals surface area contributed by atoms with Crippen molar-refractivity contribution in [2.24, 2.45) is 0 Å². The van der Waals surface area contributed by atoms with Crippen LogP contribution in [0.2, 0.25) is 0 Å². The molecule has 0 fully saturated rings. The predicted octanol–water partition coefficient (Wildman–Crippen LogP) is 11.7. The van der Waals surface area contributed by atoms with E-state index < -0.39 is 0 Å². The first-order valence-electron chi connectivity index (χ1n) is 15.0. The van der Waals surface area contributed by atoms with E-state index in [1.54, 1.807) is 0 Å². The van der Waals surface area contributed by atoms with E-state index in [0.717, 1.165) is 0 Å². The molecule has 8 aromatic carbocycles. The molecule has 1 aromatic heterocycles. The highest BCUT2D eigenvalue weighted by molar-refractivity contribution is 6.33. The zero-order valence-electron chi connectivity index (χ0n) is 24.2. The smallest absolute Gasteiger partial charge is 0.0619 e. The number of nitrogens with zero attached hydrogens (tertiary/aromatic N) is 1. The summed E-state index contributed by atoms with van der Waals surface area (Å²) in [5.74, 6) is 0. The number of aromatic nitrogens is 1. The van der Waals surface area contributed by atoms with Crippen LogP contribution in [0.1, 0.15) is 11.3 Å². The molecule has 0 radical (unpaired) electrons. The van der Waals surface area contributed by atoms with Gasteiger partial charge in [-0.3, -0.25) is 0 Å². The monoisotopic (exact) mass is 547 g/mol. The Kier molecular flexibility index (Phi) is 5.10. The van der Waals surface area contributed by atoms with Crippen LogP contribution in [-0.4, -0.2) is 4.57 Å². The molecule has 9 rings (SSSR count). The molecule has 0 atom stereocenters. The molecule has 0 aliphatic carbocycles. The van der Waals surface area contributed by atoms with Crippen LogP contribution in [0.25, 0.3) is 81.6 Å². The van der Waals surface area contributed by atoms with Gasteiger partial charge in [-0.2, -0.15) is 0 Å². The van der Waals surface area contributed by atoms with Crippen molar-refractivity contribution in [1.29, 1.82) is 0 Å². The third-order valence-corrected chi connectivity index (χ3v) is 9.53. The molecule has 0 bridgehead atoms. The number of benzene rings is 8. The van der Waals surface area contributed by atoms with E-state index in [0.29, 0.717) is 0 Å². The third kappa shape index (κ3) is 3.46. The van der Waals surface area contributed by atoms with Crippen LogP contribution in [0.3, 0.4) is 0 Å². The van der Waals surface area contributed by atoms with Crippen LogP contribution < -0.4 is 0 Å². The summed E-state index contributed by atoms with van der Waals surface area (Å²) >= 11 is 0. The van der Waals surface area contributed by atoms with Crippen molar-refractivity contribution in [3.05, 3.63) is 151 Å². The second-order valence-electron chi connectivity index (χ2n) is 11.8. The Morgan fingerprint density at radius 1 is 0.419 bits per heavy atom. The Bertz CT molecular complexity index is 2580. The second kappa shape index (κ2) is 9.05. The summed E-state index contributed by atoms with van der Waals surface area (Å²) in [6.07, 6.45) is 0. The minimum Gasteiger partial charge on any atom is -0.313 e. The fourth-order valence-corrected chi connectivity index (χ4v) is 7.38. The van der Waals surface area contributed by atoms with Crippen molar-refractivity contribution in [3.63, 3.8) is 0 Å². The highest BCUT2D eigenvalue weighted by Crippen LogP contribution is 2.46. The van der Waals surface area contributed by atoms with Crippen LogP contribution in [0.5, 0.6) is 0 Å². The van der Waals surface area contributed by atoms with Gasteiger partial charge in [0.05, 0.1) is 5.52 Å². The quantitative estimate of drug-likeness (QED) is 0.190. The van der Waals surface area contributed by atoms with Gasteiger partial charge in [0, 0.05) is 22.2 Å². The minimum absolute atomic E-state index is 1.20. The molecule has 0 aliphatic rings. The highest BCUT2D eigenvalue weighted by Gasteiger charge is 2.22. The van der Waals surface area contributed by atoms with Gasteiger partial charge in [0.15, 0.2) is 0 Å². The van der Waals surface area contributed by atoms with Crippen molar-refractivity contribution >= 4 is 64.8 Å². The molecule has 1 nitrogen and oxygen atoms in total. The molecule has 0 N–H and O–H groups in total. The van der Waals surface area contributed by atoms with Crippen LogP contribution in [-0.2, 0) is 0 Å². The van der Waals surface area contributed by atoms with Gasteiger partial charge >= 0.3 is 0 Å². The van der Waals surface area contributed by atoms with Crippen LogP contribution in [0.15, 0.2) is 140 Å². The zero-order chi connectivity index (χ0) is 28.7. The summed E-state index contributed by atoms with van der Waals surface area (Å²) < 4.78 is 2.49. The molecule has 202 valence electrons. The first-order chi connectivity index (χ1) is 21.2. The molecule has 0 saturated heterocycles. The van der Waals surface area contributed by atoms with E-state index >= 15 is 0 Å². The SMILES string of the molecule is Cc1c(C)n(-c2ccc3ccccc3c2)c2c3ccccc3c3cc(-c4ccc5ccccc5c4)c4ccccc4c3c12. The first kappa shape index (κ1) is 24.2. The fraction of sp³-hybridized carbons (Fsp3) is 0.0476. The fourth-order valence-electron chi connectivity index (χ4n) is 7.38. The first-order valence-corrected chi connectivity index (χ1v) is 15.0. The van der Waals surface area contributed by atoms with Gasteiger partial charge in [0.1, 0.15) is 0 Å². The van der Waals surface area contributed by atoms with Crippen LogP contribution >= 0.6 is 0 Å². The minimum atomic E-state index is 1.20. The van der Waals surface area contributed by atoms with E-state index in [-0.39, 0.29) is 0 Å². The maximum atomic E-state index is 2.49. The van der Waals surface area contributed by atoms with Gasteiger partial charge in [-0.25, -0.2) is 0 Å². The summed E-state index contributed by atoms with van der Waals surface area (Å²) in [7, 11) is 0. The molecule has 43 heavy (non-hydrogen) atoms. The lowest BCUT2D eigenvalue weighted by Crippen LogP contribution is -1.97. The Hall–Kier alpha value is -5.40. The molecule has 0 unspecified atom stereocenters. The number of rotatable bonds is 2. The van der Waals surface area contributed by atoms with E-state index in [9.17, 15) is 0 Å². The molecule has 0 aliphatic heterocycles. The van der Waals surface area contributed by atoms with E-state index in [2.05, 4.69) is 158 Å². The highest BCUT2D eigenvalue weighted by atomic mass is 15.0. The Morgan fingerprint density at radius 2 is 1.00 bits per heavy atom. The molecule has 1 heterocycles. The van der Waals surface area contributed by atoms with Gasteiger partial charge < -0.3 is 4.57 Å². The summed E-state index contributed by atoms with van der Waals surface area (Å²) in [5.41, 5.74) is 7.64. The number of hydrogen-bond donors (Lipinski definition) is 0. The van der Waals surface area contributed by atoms with E-state index in [1.807, 2.05) is 0 Å². The Labute approximate surface area is 250 Å². The van der Waals surface area contributed by atoms with Gasteiger partial charge in [-0.15, -0.1) is 0 Å². The number of aryl methyl sites for hydroxylation is 1. The van der Waals surface area contributed by atoms with Crippen molar-refractivity contribution in [2.75, 3.05) is 0 Å². The summed E-state index contributed by atoms with van der Waals surface area (Å²) in [4.78, 5) is 0. The number of fused-ring (bicyclic) bond motifs is 10. The van der Waals surface area contributed by atoms with Gasteiger partial charge in [-0.1, -0.05) is 115 Å². The topological polar surface area (TPSA) is 4.93 Å². The lowest BCUT2D eigenvalue weighted by molar-refractivity contribution is 1.05. The number of hydrogen-bond acceptors (Lipinski definition) is 0. The molecule has 0 spiro atoms. The van der Waals surface area contributed by atoms with Gasteiger partial charge in [0.2, 0.25) is 0 Å². The lowest BCUT2D eigenvalue weighted by atomic mass is 9.88. The molecular weight excluding hydrogens is 518 g/mol.